The Bertz CT molecular complexity index is 301. The van der Waals surface area contributed by atoms with Crippen LogP contribution < -0.4 is 5.73 Å². The van der Waals surface area contributed by atoms with E-state index >= 15 is 0 Å². The standard InChI is InChI=1S/C9H15NO5/c1-8(10,7(13)14)9(15)4-2-3-5(9)6(11)12/h5,15H,2-4,10H2,1H3,(H,11,12)(H,13,14). The number of aliphatic hydroxyl groups is 1. The van der Waals surface area contributed by atoms with E-state index < -0.39 is 29.0 Å². The van der Waals surface area contributed by atoms with E-state index in [0.717, 1.165) is 6.92 Å². The maximum Gasteiger partial charge on any atom is 0.326 e. The summed E-state index contributed by atoms with van der Waals surface area (Å²) in [4.78, 5) is 21.8. The fourth-order valence-electron chi connectivity index (χ4n) is 2.12. The van der Waals surface area contributed by atoms with Crippen LogP contribution in [0.4, 0.5) is 0 Å². The van der Waals surface area contributed by atoms with E-state index in [9.17, 15) is 14.7 Å². The quantitative estimate of drug-likeness (QED) is 0.501. The number of hydrogen-bond donors (Lipinski definition) is 4. The molecule has 3 unspecified atom stereocenters. The van der Waals surface area contributed by atoms with Crippen molar-refractivity contribution < 1.29 is 24.9 Å². The van der Waals surface area contributed by atoms with Gasteiger partial charge in [-0.25, -0.2) is 0 Å². The third-order valence-corrected chi connectivity index (χ3v) is 3.27. The maximum atomic E-state index is 10.9. The molecule has 1 aliphatic carbocycles. The van der Waals surface area contributed by atoms with Crippen molar-refractivity contribution in [3.8, 4) is 0 Å². The third kappa shape index (κ3) is 1.59. The zero-order chi connectivity index (χ0) is 11.9. The molecule has 6 heteroatoms. The molecule has 3 atom stereocenters. The van der Waals surface area contributed by atoms with Gasteiger partial charge in [0.15, 0.2) is 0 Å². The van der Waals surface area contributed by atoms with Crippen LogP contribution in [-0.4, -0.2) is 38.4 Å². The normalized spacial score (nSPS) is 34.7. The van der Waals surface area contributed by atoms with Gasteiger partial charge in [-0.15, -0.1) is 0 Å². The van der Waals surface area contributed by atoms with Crippen LogP contribution in [-0.2, 0) is 9.59 Å². The van der Waals surface area contributed by atoms with Crippen LogP contribution in [0.2, 0.25) is 0 Å². The predicted octanol–water partition coefficient (Wildman–Crippen LogP) is -0.596. The van der Waals surface area contributed by atoms with Gasteiger partial charge in [-0.2, -0.15) is 0 Å². The Hall–Kier alpha value is -1.14. The first-order chi connectivity index (χ1) is 6.73. The van der Waals surface area contributed by atoms with E-state index in [-0.39, 0.29) is 12.8 Å². The Labute approximate surface area is 86.7 Å². The lowest BCUT2D eigenvalue weighted by atomic mass is 9.74. The molecule has 6 nitrogen and oxygen atoms in total. The predicted molar refractivity (Wildman–Crippen MR) is 50.2 cm³/mol. The molecular formula is C9H15NO5. The van der Waals surface area contributed by atoms with E-state index in [1.807, 2.05) is 0 Å². The van der Waals surface area contributed by atoms with Crippen molar-refractivity contribution in [2.45, 2.75) is 37.3 Å². The molecule has 0 bridgehead atoms. The first-order valence-electron chi connectivity index (χ1n) is 4.71. The summed E-state index contributed by atoms with van der Waals surface area (Å²) < 4.78 is 0. The summed E-state index contributed by atoms with van der Waals surface area (Å²) in [6, 6.07) is 0. The molecule has 1 fully saturated rings. The number of carboxylic acid groups (broad SMARTS) is 2. The van der Waals surface area contributed by atoms with Crippen LogP contribution in [0.1, 0.15) is 26.2 Å². The van der Waals surface area contributed by atoms with Gasteiger partial charge in [-0.05, 0) is 26.2 Å². The molecular weight excluding hydrogens is 202 g/mol. The summed E-state index contributed by atoms with van der Waals surface area (Å²) in [5.74, 6) is -3.70. The summed E-state index contributed by atoms with van der Waals surface area (Å²) in [5.41, 5.74) is 1.71. The van der Waals surface area contributed by atoms with Gasteiger partial charge in [0.05, 0.1) is 5.92 Å². The lowest BCUT2D eigenvalue weighted by molar-refractivity contribution is -0.166. The minimum Gasteiger partial charge on any atom is -0.481 e. The fourth-order valence-corrected chi connectivity index (χ4v) is 2.12. The van der Waals surface area contributed by atoms with Crippen LogP contribution in [0, 0.1) is 5.92 Å². The van der Waals surface area contributed by atoms with Gasteiger partial charge >= 0.3 is 11.9 Å². The maximum absolute atomic E-state index is 10.9. The van der Waals surface area contributed by atoms with E-state index in [1.54, 1.807) is 0 Å². The van der Waals surface area contributed by atoms with Gasteiger partial charge in [-0.3, -0.25) is 9.59 Å². The molecule has 0 radical (unpaired) electrons. The number of hydrogen-bond acceptors (Lipinski definition) is 4. The zero-order valence-electron chi connectivity index (χ0n) is 8.43. The summed E-state index contributed by atoms with van der Waals surface area (Å²) in [6.45, 7) is 1.15. The van der Waals surface area contributed by atoms with Crippen LogP contribution in [0.3, 0.4) is 0 Å². The molecule has 0 aliphatic heterocycles. The SMILES string of the molecule is CC(N)(C(=O)O)C1(O)CCCC1C(=O)O. The smallest absolute Gasteiger partial charge is 0.326 e. The minimum atomic E-state index is -1.94. The lowest BCUT2D eigenvalue weighted by Crippen LogP contribution is -2.66. The Morgan fingerprint density at radius 3 is 2.40 bits per heavy atom. The molecule has 0 saturated heterocycles. The molecule has 0 heterocycles. The third-order valence-electron chi connectivity index (χ3n) is 3.27. The number of carbonyl (C=O) groups is 2. The highest BCUT2D eigenvalue weighted by Crippen LogP contribution is 2.42. The molecule has 5 N–H and O–H groups in total. The number of rotatable bonds is 3. The highest BCUT2D eigenvalue weighted by Gasteiger charge is 2.59. The first-order valence-corrected chi connectivity index (χ1v) is 4.71. The molecule has 0 aromatic carbocycles. The number of nitrogens with two attached hydrogens (primary N) is 1. The van der Waals surface area contributed by atoms with Crippen molar-refractivity contribution in [1.29, 1.82) is 0 Å². The van der Waals surface area contributed by atoms with E-state index in [4.69, 9.17) is 15.9 Å². The Kier molecular flexibility index (Phi) is 2.75. The van der Waals surface area contributed by atoms with Crippen molar-refractivity contribution in [3.63, 3.8) is 0 Å². The molecule has 0 amide bonds. The Morgan fingerprint density at radius 1 is 1.47 bits per heavy atom. The highest BCUT2D eigenvalue weighted by atomic mass is 16.4. The van der Waals surface area contributed by atoms with Gasteiger partial charge in [-0.1, -0.05) is 0 Å². The van der Waals surface area contributed by atoms with Gasteiger partial charge in [0.25, 0.3) is 0 Å². The van der Waals surface area contributed by atoms with Crippen molar-refractivity contribution in [2.24, 2.45) is 11.7 Å². The van der Waals surface area contributed by atoms with Crippen molar-refractivity contribution in [2.75, 3.05) is 0 Å². The molecule has 1 saturated carbocycles. The molecule has 1 rings (SSSR count). The Morgan fingerprint density at radius 2 is 2.00 bits per heavy atom. The summed E-state index contributed by atoms with van der Waals surface area (Å²) in [7, 11) is 0. The highest BCUT2D eigenvalue weighted by molar-refractivity contribution is 5.83. The molecule has 0 aromatic rings. The van der Waals surface area contributed by atoms with Gasteiger partial charge in [0, 0.05) is 0 Å². The second-order valence-corrected chi connectivity index (χ2v) is 4.21. The Balaban J connectivity index is 3.09. The lowest BCUT2D eigenvalue weighted by Gasteiger charge is -2.39. The average Bonchev–Trinajstić information content (AvgIpc) is 2.48. The molecule has 86 valence electrons. The number of carboxylic acids is 2. The van der Waals surface area contributed by atoms with Gasteiger partial charge in [0.2, 0.25) is 0 Å². The summed E-state index contributed by atoms with van der Waals surface area (Å²) >= 11 is 0. The number of aliphatic carboxylic acids is 2. The molecule has 0 spiro atoms. The zero-order valence-corrected chi connectivity index (χ0v) is 8.43. The van der Waals surface area contributed by atoms with Crippen molar-refractivity contribution >= 4 is 11.9 Å². The minimum absolute atomic E-state index is 0.100. The molecule has 15 heavy (non-hydrogen) atoms. The van der Waals surface area contributed by atoms with Crippen LogP contribution in [0.5, 0.6) is 0 Å². The second kappa shape index (κ2) is 3.46. The van der Waals surface area contributed by atoms with Crippen LogP contribution in [0.25, 0.3) is 0 Å². The van der Waals surface area contributed by atoms with Crippen molar-refractivity contribution in [3.05, 3.63) is 0 Å². The van der Waals surface area contributed by atoms with Crippen LogP contribution >= 0.6 is 0 Å². The summed E-state index contributed by atoms with van der Waals surface area (Å²) in [6.07, 6.45) is 0.822. The average molecular weight is 217 g/mol. The van der Waals surface area contributed by atoms with Crippen LogP contribution in [0.15, 0.2) is 0 Å². The first kappa shape index (κ1) is 11.9. The second-order valence-electron chi connectivity index (χ2n) is 4.21. The summed E-state index contributed by atoms with van der Waals surface area (Å²) in [5, 5.41) is 27.9. The van der Waals surface area contributed by atoms with E-state index in [2.05, 4.69) is 0 Å². The largest absolute Gasteiger partial charge is 0.481 e. The monoisotopic (exact) mass is 217 g/mol. The topological polar surface area (TPSA) is 121 Å². The van der Waals surface area contributed by atoms with Crippen molar-refractivity contribution in [1.82, 2.24) is 0 Å². The van der Waals surface area contributed by atoms with E-state index in [0.29, 0.717) is 6.42 Å². The molecule has 1 aliphatic rings. The fraction of sp³-hybridized carbons (Fsp3) is 0.778. The van der Waals surface area contributed by atoms with E-state index in [1.165, 1.54) is 0 Å². The molecule has 0 aromatic heterocycles. The van der Waals surface area contributed by atoms with Gasteiger partial charge in [0.1, 0.15) is 11.1 Å². The van der Waals surface area contributed by atoms with Gasteiger partial charge < -0.3 is 21.1 Å².